The van der Waals surface area contributed by atoms with Gasteiger partial charge in [-0.15, -0.1) is 6.42 Å². The molecule has 1 rings (SSSR count). The zero-order chi connectivity index (χ0) is 9.68. The van der Waals surface area contributed by atoms with Crippen molar-refractivity contribution in [2.24, 2.45) is 11.8 Å². The van der Waals surface area contributed by atoms with Gasteiger partial charge in [-0.25, -0.2) is 0 Å². The maximum Gasteiger partial charge on any atom is 0.0658 e. The van der Waals surface area contributed by atoms with Crippen LogP contribution in [0.4, 0.5) is 0 Å². The third-order valence-electron chi connectivity index (χ3n) is 3.01. The third-order valence-corrected chi connectivity index (χ3v) is 3.01. The fraction of sp³-hybridized carbons (Fsp3) is 0.833. The van der Waals surface area contributed by atoms with Crippen LogP contribution in [0.15, 0.2) is 0 Å². The highest BCUT2D eigenvalue weighted by Crippen LogP contribution is 2.27. The fourth-order valence-corrected chi connectivity index (χ4v) is 2.15. The Labute approximate surface area is 82.3 Å². The van der Waals surface area contributed by atoms with Gasteiger partial charge in [-0.2, -0.15) is 0 Å². The molecule has 0 aliphatic heterocycles. The highest BCUT2D eigenvalue weighted by molar-refractivity contribution is 4.95. The molecule has 0 aromatic rings. The van der Waals surface area contributed by atoms with Crippen molar-refractivity contribution in [3.63, 3.8) is 0 Å². The van der Waals surface area contributed by atoms with Crippen molar-refractivity contribution in [3.8, 4) is 12.3 Å². The Hall–Kier alpha value is -0.480. The molecule has 0 spiro atoms. The maximum atomic E-state index is 5.30. The number of hydrogen-bond acceptors (Lipinski definition) is 1. The minimum atomic E-state index is 0.234. The zero-order valence-corrected chi connectivity index (χ0v) is 8.84. The maximum absolute atomic E-state index is 5.30. The molecule has 0 amide bonds. The lowest BCUT2D eigenvalue weighted by Crippen LogP contribution is -2.32. The van der Waals surface area contributed by atoms with E-state index < -0.39 is 0 Å². The molecular weight excluding hydrogens is 158 g/mol. The molecular formula is C12H21N. The predicted octanol–water partition coefficient (Wildman–Crippen LogP) is 2.42. The fourth-order valence-electron chi connectivity index (χ4n) is 2.15. The zero-order valence-electron chi connectivity index (χ0n) is 8.84. The SMILES string of the molecule is C#CC(C)NCC1CCCC(C)C1. The van der Waals surface area contributed by atoms with Gasteiger partial charge in [0.2, 0.25) is 0 Å². The minimum Gasteiger partial charge on any atom is -0.304 e. The van der Waals surface area contributed by atoms with Crippen molar-refractivity contribution in [2.75, 3.05) is 6.54 Å². The van der Waals surface area contributed by atoms with Gasteiger partial charge >= 0.3 is 0 Å². The number of rotatable bonds is 3. The highest BCUT2D eigenvalue weighted by atomic mass is 14.9. The molecule has 0 aromatic carbocycles. The van der Waals surface area contributed by atoms with E-state index in [2.05, 4.69) is 18.2 Å². The van der Waals surface area contributed by atoms with E-state index in [0.29, 0.717) is 0 Å². The Morgan fingerprint density at radius 3 is 2.92 bits per heavy atom. The second-order valence-corrected chi connectivity index (χ2v) is 4.43. The molecule has 3 unspecified atom stereocenters. The van der Waals surface area contributed by atoms with Crippen LogP contribution >= 0.6 is 0 Å². The summed E-state index contributed by atoms with van der Waals surface area (Å²) in [6.07, 6.45) is 10.9. The molecule has 1 nitrogen and oxygen atoms in total. The second-order valence-electron chi connectivity index (χ2n) is 4.43. The van der Waals surface area contributed by atoms with Crippen LogP contribution < -0.4 is 5.32 Å². The molecule has 13 heavy (non-hydrogen) atoms. The van der Waals surface area contributed by atoms with E-state index >= 15 is 0 Å². The molecule has 0 radical (unpaired) electrons. The van der Waals surface area contributed by atoms with E-state index in [1.54, 1.807) is 0 Å². The predicted molar refractivity (Wildman–Crippen MR) is 57.4 cm³/mol. The number of terminal acetylenes is 1. The van der Waals surface area contributed by atoms with E-state index in [4.69, 9.17) is 6.42 Å². The first-order chi connectivity index (χ1) is 6.22. The van der Waals surface area contributed by atoms with Gasteiger partial charge < -0.3 is 5.32 Å². The molecule has 0 heterocycles. The molecule has 1 heteroatoms. The Balaban J connectivity index is 2.17. The monoisotopic (exact) mass is 179 g/mol. The van der Waals surface area contributed by atoms with Gasteiger partial charge in [0.05, 0.1) is 6.04 Å². The van der Waals surface area contributed by atoms with Gasteiger partial charge in [0.15, 0.2) is 0 Å². The average Bonchev–Trinajstić information content (AvgIpc) is 2.14. The molecule has 3 atom stereocenters. The van der Waals surface area contributed by atoms with Gasteiger partial charge in [-0.3, -0.25) is 0 Å². The van der Waals surface area contributed by atoms with Crippen LogP contribution in [0.2, 0.25) is 0 Å². The second kappa shape index (κ2) is 5.29. The summed E-state index contributed by atoms with van der Waals surface area (Å²) in [4.78, 5) is 0. The van der Waals surface area contributed by atoms with Crippen LogP contribution in [0, 0.1) is 24.2 Å². The lowest BCUT2D eigenvalue weighted by atomic mass is 9.82. The van der Waals surface area contributed by atoms with Crippen LogP contribution in [0.1, 0.15) is 39.5 Å². The lowest BCUT2D eigenvalue weighted by Gasteiger charge is -2.27. The molecule has 1 fully saturated rings. The van der Waals surface area contributed by atoms with E-state index in [9.17, 15) is 0 Å². The highest BCUT2D eigenvalue weighted by Gasteiger charge is 2.18. The molecule has 0 aromatic heterocycles. The molecule has 1 aliphatic carbocycles. The Morgan fingerprint density at radius 2 is 2.31 bits per heavy atom. The summed E-state index contributed by atoms with van der Waals surface area (Å²) in [6, 6.07) is 0.234. The first kappa shape index (κ1) is 10.6. The standard InChI is InChI=1S/C12H21N/c1-4-11(3)13-9-12-7-5-6-10(2)8-12/h1,10-13H,5-9H2,2-3H3. The Kier molecular flexibility index (Phi) is 4.32. The van der Waals surface area contributed by atoms with Gasteiger partial charge in [0, 0.05) is 0 Å². The van der Waals surface area contributed by atoms with Gasteiger partial charge in [0.1, 0.15) is 0 Å². The summed E-state index contributed by atoms with van der Waals surface area (Å²) >= 11 is 0. The van der Waals surface area contributed by atoms with Crippen molar-refractivity contribution < 1.29 is 0 Å². The number of nitrogens with one attached hydrogen (secondary N) is 1. The first-order valence-electron chi connectivity index (χ1n) is 5.42. The molecule has 74 valence electrons. The van der Waals surface area contributed by atoms with Crippen molar-refractivity contribution in [2.45, 2.75) is 45.6 Å². The summed E-state index contributed by atoms with van der Waals surface area (Å²) in [5.74, 6) is 4.48. The van der Waals surface area contributed by atoms with Crippen molar-refractivity contribution >= 4 is 0 Å². The summed E-state index contributed by atoms with van der Waals surface area (Å²) in [6.45, 7) is 5.51. The van der Waals surface area contributed by atoms with Crippen LogP contribution in [0.25, 0.3) is 0 Å². The van der Waals surface area contributed by atoms with Crippen LogP contribution in [0.3, 0.4) is 0 Å². The lowest BCUT2D eigenvalue weighted by molar-refractivity contribution is 0.272. The van der Waals surface area contributed by atoms with Crippen molar-refractivity contribution in [1.82, 2.24) is 5.32 Å². The topological polar surface area (TPSA) is 12.0 Å². The largest absolute Gasteiger partial charge is 0.304 e. The van der Waals surface area contributed by atoms with E-state index in [1.165, 1.54) is 25.7 Å². The van der Waals surface area contributed by atoms with Gasteiger partial charge in [-0.1, -0.05) is 25.7 Å². The third kappa shape index (κ3) is 3.83. The van der Waals surface area contributed by atoms with Crippen molar-refractivity contribution in [3.05, 3.63) is 0 Å². The number of hydrogen-bond donors (Lipinski definition) is 1. The Bertz CT molecular complexity index is 180. The van der Waals surface area contributed by atoms with E-state index in [1.807, 2.05) is 6.92 Å². The summed E-state index contributed by atoms with van der Waals surface area (Å²) in [5, 5.41) is 3.39. The Morgan fingerprint density at radius 1 is 1.54 bits per heavy atom. The molecule has 0 bridgehead atoms. The smallest absolute Gasteiger partial charge is 0.0658 e. The molecule has 1 N–H and O–H groups in total. The quantitative estimate of drug-likeness (QED) is 0.656. The first-order valence-corrected chi connectivity index (χ1v) is 5.42. The summed E-state index contributed by atoms with van der Waals surface area (Å²) < 4.78 is 0. The molecule has 1 aliphatic rings. The normalized spacial score (nSPS) is 30.8. The average molecular weight is 179 g/mol. The van der Waals surface area contributed by atoms with Gasteiger partial charge in [0.25, 0.3) is 0 Å². The van der Waals surface area contributed by atoms with E-state index in [0.717, 1.165) is 18.4 Å². The van der Waals surface area contributed by atoms with Crippen LogP contribution in [-0.2, 0) is 0 Å². The van der Waals surface area contributed by atoms with Gasteiger partial charge in [-0.05, 0) is 38.1 Å². The van der Waals surface area contributed by atoms with Crippen LogP contribution in [0.5, 0.6) is 0 Å². The molecule has 0 saturated heterocycles. The van der Waals surface area contributed by atoms with Crippen molar-refractivity contribution in [1.29, 1.82) is 0 Å². The van der Waals surface area contributed by atoms with Crippen LogP contribution in [-0.4, -0.2) is 12.6 Å². The summed E-state index contributed by atoms with van der Waals surface area (Å²) in [7, 11) is 0. The molecule has 1 saturated carbocycles. The van der Waals surface area contributed by atoms with E-state index in [-0.39, 0.29) is 6.04 Å². The summed E-state index contributed by atoms with van der Waals surface area (Å²) in [5.41, 5.74) is 0. The minimum absolute atomic E-state index is 0.234.